The molecule has 0 aromatic carbocycles. The zero-order chi connectivity index (χ0) is 13.4. The van der Waals surface area contributed by atoms with Gasteiger partial charge in [-0.15, -0.1) is 0 Å². The molecule has 0 radical (unpaired) electrons. The summed E-state index contributed by atoms with van der Waals surface area (Å²) in [5.41, 5.74) is 5.44. The molecule has 0 saturated heterocycles. The molecule has 5 N–H and O–H groups in total. The van der Waals surface area contributed by atoms with Crippen molar-refractivity contribution in [1.82, 2.24) is 5.32 Å². The number of carboxylic acid groups (broad SMARTS) is 2. The molecule has 0 saturated carbocycles. The number of carbonyl (C=O) groups is 3. The van der Waals surface area contributed by atoms with Gasteiger partial charge >= 0.3 is 11.9 Å². The van der Waals surface area contributed by atoms with E-state index in [1.54, 1.807) is 6.92 Å². The van der Waals surface area contributed by atoms with E-state index in [1.807, 2.05) is 0 Å². The largest absolute Gasteiger partial charge is 0.481 e. The predicted molar refractivity (Wildman–Crippen MR) is 59.3 cm³/mol. The molecule has 0 aliphatic rings. The Kier molecular flexibility index (Phi) is 6.88. The number of carboxylic acids is 2. The number of hydrogen-bond donors (Lipinski definition) is 4. The molecule has 0 aliphatic heterocycles. The van der Waals surface area contributed by atoms with E-state index in [1.165, 1.54) is 0 Å². The third-order valence-corrected chi connectivity index (χ3v) is 2.20. The van der Waals surface area contributed by atoms with Crippen molar-refractivity contribution in [1.29, 1.82) is 0 Å². The van der Waals surface area contributed by atoms with Crippen LogP contribution < -0.4 is 11.1 Å². The molecule has 0 aliphatic carbocycles. The standard InChI is InChI=1S/C10H18N2O5/c1-2-3-7(10(16)17)12-9(15)6(11)4-5-8(13)14/h6-7H,2-5,11H2,1H3,(H,12,15)(H,13,14)(H,16,17)/t6-,7+/m0/s1. The van der Waals surface area contributed by atoms with Crippen molar-refractivity contribution in [2.75, 3.05) is 0 Å². The fourth-order valence-electron chi connectivity index (χ4n) is 1.23. The molecule has 0 unspecified atom stereocenters. The molecule has 7 heteroatoms. The van der Waals surface area contributed by atoms with Crippen molar-refractivity contribution in [3.05, 3.63) is 0 Å². The van der Waals surface area contributed by atoms with Crippen LogP contribution in [-0.4, -0.2) is 40.1 Å². The van der Waals surface area contributed by atoms with Crippen LogP contribution in [0.15, 0.2) is 0 Å². The van der Waals surface area contributed by atoms with Gasteiger partial charge < -0.3 is 21.3 Å². The molecular formula is C10H18N2O5. The Bertz CT molecular complexity index is 292. The van der Waals surface area contributed by atoms with Gasteiger partial charge in [0.1, 0.15) is 6.04 Å². The van der Waals surface area contributed by atoms with E-state index in [0.717, 1.165) is 0 Å². The molecule has 17 heavy (non-hydrogen) atoms. The van der Waals surface area contributed by atoms with E-state index in [-0.39, 0.29) is 12.8 Å². The highest BCUT2D eigenvalue weighted by atomic mass is 16.4. The lowest BCUT2D eigenvalue weighted by molar-refractivity contribution is -0.142. The molecule has 2 atom stereocenters. The first-order chi connectivity index (χ1) is 7.88. The highest BCUT2D eigenvalue weighted by molar-refractivity contribution is 5.87. The average molecular weight is 246 g/mol. The van der Waals surface area contributed by atoms with Crippen LogP contribution in [0.25, 0.3) is 0 Å². The molecule has 0 heterocycles. The first kappa shape index (κ1) is 15.4. The van der Waals surface area contributed by atoms with Gasteiger partial charge in [-0.25, -0.2) is 4.79 Å². The van der Waals surface area contributed by atoms with Gasteiger partial charge in [0, 0.05) is 6.42 Å². The second-order valence-corrected chi connectivity index (χ2v) is 3.73. The fraction of sp³-hybridized carbons (Fsp3) is 0.700. The van der Waals surface area contributed by atoms with Crippen molar-refractivity contribution < 1.29 is 24.6 Å². The van der Waals surface area contributed by atoms with Gasteiger partial charge in [0.15, 0.2) is 0 Å². The van der Waals surface area contributed by atoms with Crippen LogP contribution in [-0.2, 0) is 14.4 Å². The van der Waals surface area contributed by atoms with E-state index in [4.69, 9.17) is 15.9 Å². The van der Waals surface area contributed by atoms with Crippen LogP contribution in [0.3, 0.4) is 0 Å². The van der Waals surface area contributed by atoms with E-state index in [2.05, 4.69) is 5.32 Å². The highest BCUT2D eigenvalue weighted by Crippen LogP contribution is 2.00. The Hall–Kier alpha value is -1.63. The zero-order valence-electron chi connectivity index (χ0n) is 9.68. The molecule has 0 rings (SSSR count). The predicted octanol–water partition coefficient (Wildman–Crippen LogP) is -0.452. The summed E-state index contributed by atoms with van der Waals surface area (Å²) in [7, 11) is 0. The van der Waals surface area contributed by atoms with Crippen molar-refractivity contribution in [2.24, 2.45) is 5.73 Å². The maximum absolute atomic E-state index is 11.5. The number of aliphatic carboxylic acids is 2. The molecule has 0 fully saturated rings. The molecule has 0 spiro atoms. The maximum Gasteiger partial charge on any atom is 0.326 e. The SMILES string of the molecule is CCC[C@@H](NC(=O)[C@@H](N)CCC(=O)O)C(=O)O. The third-order valence-electron chi connectivity index (χ3n) is 2.20. The van der Waals surface area contributed by atoms with Crippen LogP contribution in [0.2, 0.25) is 0 Å². The number of hydrogen-bond acceptors (Lipinski definition) is 4. The Balaban J connectivity index is 4.20. The second-order valence-electron chi connectivity index (χ2n) is 3.73. The van der Waals surface area contributed by atoms with Crippen LogP contribution in [0.1, 0.15) is 32.6 Å². The first-order valence-corrected chi connectivity index (χ1v) is 5.39. The first-order valence-electron chi connectivity index (χ1n) is 5.39. The van der Waals surface area contributed by atoms with Crippen molar-refractivity contribution in [2.45, 2.75) is 44.7 Å². The summed E-state index contributed by atoms with van der Waals surface area (Å²) in [4.78, 5) is 32.5. The number of nitrogens with two attached hydrogens (primary N) is 1. The van der Waals surface area contributed by atoms with Crippen LogP contribution in [0.4, 0.5) is 0 Å². The van der Waals surface area contributed by atoms with E-state index >= 15 is 0 Å². The smallest absolute Gasteiger partial charge is 0.326 e. The molecule has 7 nitrogen and oxygen atoms in total. The maximum atomic E-state index is 11.5. The average Bonchev–Trinajstić information content (AvgIpc) is 2.24. The zero-order valence-corrected chi connectivity index (χ0v) is 9.68. The van der Waals surface area contributed by atoms with Gasteiger partial charge in [-0.2, -0.15) is 0 Å². The van der Waals surface area contributed by atoms with E-state index < -0.39 is 29.9 Å². The monoisotopic (exact) mass is 246 g/mol. The second kappa shape index (κ2) is 7.61. The summed E-state index contributed by atoms with van der Waals surface area (Å²) in [6, 6.07) is -1.96. The summed E-state index contributed by atoms with van der Waals surface area (Å²) in [6.45, 7) is 1.80. The van der Waals surface area contributed by atoms with Gasteiger partial charge in [0.05, 0.1) is 6.04 Å². The molecule has 0 aromatic rings. The minimum atomic E-state index is -1.12. The molecule has 1 amide bonds. The Morgan fingerprint density at radius 3 is 2.24 bits per heavy atom. The van der Waals surface area contributed by atoms with E-state index in [9.17, 15) is 14.4 Å². The van der Waals surface area contributed by atoms with Crippen molar-refractivity contribution in [3.8, 4) is 0 Å². The minimum Gasteiger partial charge on any atom is -0.481 e. The fourth-order valence-corrected chi connectivity index (χ4v) is 1.23. The van der Waals surface area contributed by atoms with Crippen LogP contribution in [0, 0.1) is 0 Å². The Morgan fingerprint density at radius 1 is 1.24 bits per heavy atom. The summed E-state index contributed by atoms with van der Waals surface area (Å²) in [5, 5.41) is 19.5. The Morgan fingerprint density at radius 2 is 1.82 bits per heavy atom. The van der Waals surface area contributed by atoms with Gasteiger partial charge in [0.2, 0.25) is 5.91 Å². The quantitative estimate of drug-likeness (QED) is 0.459. The van der Waals surface area contributed by atoms with Crippen LogP contribution in [0.5, 0.6) is 0 Å². The van der Waals surface area contributed by atoms with Crippen molar-refractivity contribution in [3.63, 3.8) is 0 Å². The highest BCUT2D eigenvalue weighted by Gasteiger charge is 2.22. The lowest BCUT2D eigenvalue weighted by atomic mass is 10.1. The van der Waals surface area contributed by atoms with Crippen LogP contribution >= 0.6 is 0 Å². The Labute approximate surface area is 99.0 Å². The molecule has 0 aromatic heterocycles. The summed E-state index contributed by atoms with van der Waals surface area (Å²) in [6.07, 6.45) is 0.689. The third kappa shape index (κ3) is 6.52. The summed E-state index contributed by atoms with van der Waals surface area (Å²) in [5.74, 6) is -2.80. The number of nitrogens with one attached hydrogen (secondary N) is 1. The molecular weight excluding hydrogens is 228 g/mol. The molecule has 0 bridgehead atoms. The number of carbonyl (C=O) groups excluding carboxylic acids is 1. The topological polar surface area (TPSA) is 130 Å². The summed E-state index contributed by atoms with van der Waals surface area (Å²) < 4.78 is 0. The van der Waals surface area contributed by atoms with Crippen molar-refractivity contribution >= 4 is 17.8 Å². The lowest BCUT2D eigenvalue weighted by Crippen LogP contribution is -2.48. The normalized spacial score (nSPS) is 13.8. The molecule has 98 valence electrons. The minimum absolute atomic E-state index is 0.0143. The summed E-state index contributed by atoms with van der Waals surface area (Å²) >= 11 is 0. The number of rotatable bonds is 8. The van der Waals surface area contributed by atoms with E-state index in [0.29, 0.717) is 12.8 Å². The number of amides is 1. The van der Waals surface area contributed by atoms with Gasteiger partial charge in [0.25, 0.3) is 0 Å². The van der Waals surface area contributed by atoms with Gasteiger partial charge in [-0.05, 0) is 12.8 Å². The van der Waals surface area contributed by atoms with Gasteiger partial charge in [-0.1, -0.05) is 13.3 Å². The lowest BCUT2D eigenvalue weighted by Gasteiger charge is -2.16. The van der Waals surface area contributed by atoms with Gasteiger partial charge in [-0.3, -0.25) is 9.59 Å².